The predicted molar refractivity (Wildman–Crippen MR) is 85.4 cm³/mol. The van der Waals surface area contributed by atoms with Crippen molar-refractivity contribution in [3.8, 4) is 0 Å². The van der Waals surface area contributed by atoms with Gasteiger partial charge in [0.05, 0.1) is 5.52 Å². The van der Waals surface area contributed by atoms with Gasteiger partial charge in [0.1, 0.15) is 5.69 Å². The number of hydrogen-bond acceptors (Lipinski definition) is 4. The number of pyridine rings is 1. The molecule has 118 valence electrons. The Morgan fingerprint density at radius 2 is 2.04 bits per heavy atom. The van der Waals surface area contributed by atoms with Crippen LogP contribution < -0.4 is 16.5 Å². The van der Waals surface area contributed by atoms with E-state index >= 15 is 0 Å². The van der Waals surface area contributed by atoms with Crippen molar-refractivity contribution in [1.29, 1.82) is 0 Å². The van der Waals surface area contributed by atoms with Crippen LogP contribution in [0.25, 0.3) is 11.1 Å². The maximum atomic E-state index is 11.9. The third-order valence-corrected chi connectivity index (χ3v) is 3.46. The van der Waals surface area contributed by atoms with Gasteiger partial charge < -0.3 is 14.7 Å². The third kappa shape index (κ3) is 3.23. The van der Waals surface area contributed by atoms with E-state index in [0.29, 0.717) is 24.1 Å². The highest BCUT2D eigenvalue weighted by Gasteiger charge is 2.10. The first-order valence-electron chi connectivity index (χ1n) is 7.20. The summed E-state index contributed by atoms with van der Waals surface area (Å²) in [6.07, 6.45) is 3.59. The van der Waals surface area contributed by atoms with Crippen LogP contribution in [0.1, 0.15) is 12.8 Å². The molecule has 0 fully saturated rings. The van der Waals surface area contributed by atoms with Crippen LogP contribution in [0.3, 0.4) is 0 Å². The summed E-state index contributed by atoms with van der Waals surface area (Å²) in [6, 6.07) is 8.47. The molecule has 0 atom stereocenters. The number of aromatic amines is 1. The number of H-pyrrole nitrogens is 1. The highest BCUT2D eigenvalue weighted by molar-refractivity contribution is 5.90. The minimum absolute atomic E-state index is 0.195. The lowest BCUT2D eigenvalue weighted by molar-refractivity contribution is -0.116. The molecule has 23 heavy (non-hydrogen) atoms. The smallest absolute Gasteiger partial charge is 0.408 e. The van der Waals surface area contributed by atoms with E-state index in [-0.39, 0.29) is 23.4 Å². The number of rotatable bonds is 5. The Morgan fingerprint density at radius 3 is 2.87 bits per heavy atom. The number of fused-ring (bicyclic) bond motifs is 1. The van der Waals surface area contributed by atoms with Crippen LogP contribution in [-0.4, -0.2) is 15.5 Å². The van der Waals surface area contributed by atoms with Crippen LogP contribution >= 0.6 is 0 Å². The molecule has 1 aromatic carbocycles. The van der Waals surface area contributed by atoms with Crippen molar-refractivity contribution in [2.75, 3.05) is 5.32 Å². The number of anilines is 1. The van der Waals surface area contributed by atoms with E-state index in [9.17, 15) is 14.4 Å². The molecule has 2 aromatic heterocycles. The zero-order valence-electron chi connectivity index (χ0n) is 12.2. The first kappa shape index (κ1) is 14.8. The van der Waals surface area contributed by atoms with Gasteiger partial charge in [0, 0.05) is 31.4 Å². The standard InChI is InChI=1S/C16H15N3O4/c20-13-7-8-17-10-11(13)18-15(21)6-3-9-19-12-4-1-2-5-14(12)23-16(19)22/h1-2,4-5,7-8,10H,3,6,9H2,(H,17,20)(H,18,21). The molecule has 0 aliphatic heterocycles. The maximum Gasteiger partial charge on any atom is 0.419 e. The van der Waals surface area contributed by atoms with Crippen molar-refractivity contribution in [3.05, 3.63) is 63.5 Å². The molecule has 0 saturated heterocycles. The van der Waals surface area contributed by atoms with E-state index in [1.807, 2.05) is 6.07 Å². The number of carbonyl (C=O) groups excluding carboxylic acids is 1. The monoisotopic (exact) mass is 313 g/mol. The molecule has 0 aliphatic rings. The number of amides is 1. The molecule has 0 bridgehead atoms. The fourth-order valence-corrected chi connectivity index (χ4v) is 2.35. The van der Waals surface area contributed by atoms with Gasteiger partial charge in [-0.05, 0) is 18.6 Å². The highest BCUT2D eigenvalue weighted by Crippen LogP contribution is 2.12. The van der Waals surface area contributed by atoms with Gasteiger partial charge in [-0.3, -0.25) is 14.2 Å². The molecule has 7 nitrogen and oxygen atoms in total. The number of aryl methyl sites for hydroxylation is 1. The Bertz CT molecular complexity index is 951. The van der Waals surface area contributed by atoms with Crippen LogP contribution in [0.5, 0.6) is 0 Å². The summed E-state index contributed by atoms with van der Waals surface area (Å²) in [5.41, 5.74) is 1.19. The Balaban J connectivity index is 1.62. The van der Waals surface area contributed by atoms with Crippen molar-refractivity contribution in [1.82, 2.24) is 9.55 Å². The Kier molecular flexibility index (Phi) is 4.09. The van der Waals surface area contributed by atoms with Crippen LogP contribution in [-0.2, 0) is 11.3 Å². The largest absolute Gasteiger partial charge is 0.419 e. The van der Waals surface area contributed by atoms with Crippen molar-refractivity contribution in [2.45, 2.75) is 19.4 Å². The zero-order chi connectivity index (χ0) is 16.2. The number of hydrogen-bond donors (Lipinski definition) is 2. The second-order valence-corrected chi connectivity index (χ2v) is 5.06. The number of nitrogens with one attached hydrogen (secondary N) is 2. The summed E-state index contributed by atoms with van der Waals surface area (Å²) < 4.78 is 6.63. The van der Waals surface area contributed by atoms with E-state index in [1.54, 1.807) is 18.2 Å². The normalized spacial score (nSPS) is 10.8. The number of carbonyl (C=O) groups is 1. The van der Waals surface area contributed by atoms with Gasteiger partial charge in [0.2, 0.25) is 11.3 Å². The molecule has 7 heteroatoms. The average molecular weight is 313 g/mol. The van der Waals surface area contributed by atoms with Gasteiger partial charge in [-0.15, -0.1) is 0 Å². The van der Waals surface area contributed by atoms with Crippen LogP contribution in [0.2, 0.25) is 0 Å². The van der Waals surface area contributed by atoms with Crippen molar-refractivity contribution in [3.63, 3.8) is 0 Å². The molecule has 2 heterocycles. The lowest BCUT2D eigenvalue weighted by Crippen LogP contribution is -2.19. The maximum absolute atomic E-state index is 11.9. The summed E-state index contributed by atoms with van der Waals surface area (Å²) >= 11 is 0. The summed E-state index contributed by atoms with van der Waals surface area (Å²) in [5, 5.41) is 2.55. The zero-order valence-corrected chi connectivity index (χ0v) is 12.2. The van der Waals surface area contributed by atoms with Gasteiger partial charge >= 0.3 is 5.76 Å². The molecule has 0 spiro atoms. The number of oxazole rings is 1. The van der Waals surface area contributed by atoms with E-state index in [4.69, 9.17) is 4.42 Å². The molecule has 2 N–H and O–H groups in total. The predicted octanol–water partition coefficient (Wildman–Crippen LogP) is 1.70. The Hall–Kier alpha value is -3.09. The summed E-state index contributed by atoms with van der Waals surface area (Å²) in [6.45, 7) is 0.369. The fraction of sp³-hybridized carbons (Fsp3) is 0.188. The van der Waals surface area contributed by atoms with Crippen molar-refractivity contribution in [2.24, 2.45) is 0 Å². The van der Waals surface area contributed by atoms with E-state index in [1.165, 1.54) is 23.0 Å². The van der Waals surface area contributed by atoms with Crippen molar-refractivity contribution >= 4 is 22.7 Å². The molecule has 3 rings (SSSR count). The summed E-state index contributed by atoms with van der Waals surface area (Å²) in [5.74, 6) is -0.714. The van der Waals surface area contributed by atoms with Gasteiger partial charge in [0.25, 0.3) is 0 Å². The lowest BCUT2D eigenvalue weighted by Gasteiger charge is -2.04. The van der Waals surface area contributed by atoms with Crippen molar-refractivity contribution < 1.29 is 9.21 Å². The van der Waals surface area contributed by atoms with Gasteiger partial charge in [-0.25, -0.2) is 4.79 Å². The minimum atomic E-state index is -0.439. The topological polar surface area (TPSA) is 97.1 Å². The molecular weight excluding hydrogens is 298 g/mol. The quantitative estimate of drug-likeness (QED) is 0.749. The van der Waals surface area contributed by atoms with Crippen LogP contribution in [0, 0.1) is 0 Å². The van der Waals surface area contributed by atoms with E-state index in [2.05, 4.69) is 10.3 Å². The molecule has 0 unspecified atom stereocenters. The summed E-state index contributed by atoms with van der Waals surface area (Å²) in [4.78, 5) is 37.9. The fourth-order valence-electron chi connectivity index (χ4n) is 2.35. The second kappa shape index (κ2) is 6.35. The summed E-state index contributed by atoms with van der Waals surface area (Å²) in [7, 11) is 0. The third-order valence-electron chi connectivity index (χ3n) is 3.46. The average Bonchev–Trinajstić information content (AvgIpc) is 2.86. The number of nitrogens with zero attached hydrogens (tertiary/aromatic N) is 1. The van der Waals surface area contributed by atoms with Crippen LogP contribution in [0.15, 0.2) is 56.7 Å². The van der Waals surface area contributed by atoms with Gasteiger partial charge in [-0.1, -0.05) is 12.1 Å². The van der Waals surface area contributed by atoms with E-state index in [0.717, 1.165) is 0 Å². The Labute approximate surface area is 130 Å². The first-order valence-corrected chi connectivity index (χ1v) is 7.20. The molecular formula is C16H15N3O4. The Morgan fingerprint density at radius 1 is 1.22 bits per heavy atom. The number of aromatic nitrogens is 2. The lowest BCUT2D eigenvalue weighted by atomic mass is 10.2. The molecule has 0 aliphatic carbocycles. The minimum Gasteiger partial charge on any atom is -0.408 e. The second-order valence-electron chi connectivity index (χ2n) is 5.06. The van der Waals surface area contributed by atoms with Gasteiger partial charge in [-0.2, -0.15) is 0 Å². The molecule has 0 saturated carbocycles. The molecule has 3 aromatic rings. The number of para-hydroxylation sites is 2. The van der Waals surface area contributed by atoms with Gasteiger partial charge in [0.15, 0.2) is 5.58 Å². The SMILES string of the molecule is O=C(CCCn1c(=O)oc2ccccc21)Nc1c[nH]ccc1=O. The molecule has 1 amide bonds. The highest BCUT2D eigenvalue weighted by atomic mass is 16.4. The first-order chi connectivity index (χ1) is 11.1. The molecule has 0 radical (unpaired) electrons. The van der Waals surface area contributed by atoms with Crippen LogP contribution in [0.4, 0.5) is 5.69 Å². The van der Waals surface area contributed by atoms with E-state index < -0.39 is 5.76 Å². The number of benzene rings is 1.